The fourth-order valence-electron chi connectivity index (χ4n) is 3.33. The number of halogens is 1. The Kier molecular flexibility index (Phi) is 5.81. The molecule has 0 spiro atoms. The summed E-state index contributed by atoms with van der Waals surface area (Å²) in [6.45, 7) is 0.108. The van der Waals surface area contributed by atoms with Gasteiger partial charge in [0.25, 0.3) is 0 Å². The van der Waals surface area contributed by atoms with Gasteiger partial charge in [-0.05, 0) is 25.0 Å². The highest BCUT2D eigenvalue weighted by Gasteiger charge is 2.25. The zero-order valence-electron chi connectivity index (χ0n) is 14.1. The molecule has 1 aromatic heterocycles. The van der Waals surface area contributed by atoms with Crippen molar-refractivity contribution in [1.82, 2.24) is 10.3 Å². The minimum atomic E-state index is -0.365. The number of rotatable bonds is 6. The molecule has 134 valence electrons. The summed E-state index contributed by atoms with van der Waals surface area (Å²) in [5.41, 5.74) is 0.360. The lowest BCUT2D eigenvalue weighted by atomic mass is 9.85. The van der Waals surface area contributed by atoms with Gasteiger partial charge in [0.05, 0.1) is 11.8 Å². The molecule has 2 atom stereocenters. The fraction of sp³-hybridized carbons (Fsp3) is 0.474. The van der Waals surface area contributed by atoms with E-state index in [4.69, 9.17) is 4.42 Å². The third kappa shape index (κ3) is 4.45. The number of aliphatic hydroxyl groups is 1. The monoisotopic (exact) mass is 346 g/mol. The molecule has 2 N–H and O–H groups in total. The van der Waals surface area contributed by atoms with E-state index in [-0.39, 0.29) is 36.7 Å². The number of hydrogen-bond acceptors (Lipinski definition) is 4. The van der Waals surface area contributed by atoms with Crippen LogP contribution in [-0.2, 0) is 11.2 Å². The van der Waals surface area contributed by atoms with E-state index in [1.54, 1.807) is 18.2 Å². The predicted molar refractivity (Wildman–Crippen MR) is 91.2 cm³/mol. The average molecular weight is 346 g/mol. The summed E-state index contributed by atoms with van der Waals surface area (Å²) in [4.78, 5) is 16.3. The van der Waals surface area contributed by atoms with Crippen LogP contribution in [0.15, 0.2) is 34.9 Å². The second-order valence-corrected chi connectivity index (χ2v) is 6.50. The van der Waals surface area contributed by atoms with E-state index in [9.17, 15) is 14.3 Å². The van der Waals surface area contributed by atoms with Gasteiger partial charge >= 0.3 is 0 Å². The van der Waals surface area contributed by atoms with Crippen molar-refractivity contribution in [3.05, 3.63) is 42.2 Å². The minimum Gasteiger partial charge on any atom is -0.441 e. The SMILES string of the molecule is O=C(CCc1ncc(-c2ccccc2F)o1)N[C@@H]1CCCC[C@@H]1CO. The van der Waals surface area contributed by atoms with Gasteiger partial charge < -0.3 is 14.8 Å². The first kappa shape index (κ1) is 17.6. The standard InChI is InChI=1S/C19H23FN2O3/c20-15-7-3-2-6-14(15)17-11-21-19(25-17)10-9-18(24)22-16-8-4-1-5-13(16)12-23/h2-3,6-7,11,13,16,23H,1,4-5,8-10,12H2,(H,22,24)/t13-,16-/m1/s1. The topological polar surface area (TPSA) is 75.4 Å². The van der Waals surface area contributed by atoms with Gasteiger partial charge in [0, 0.05) is 31.4 Å². The number of nitrogens with zero attached hydrogens (tertiary/aromatic N) is 1. The summed E-state index contributed by atoms with van der Waals surface area (Å²) in [7, 11) is 0. The number of aromatic nitrogens is 1. The molecule has 1 aliphatic rings. The van der Waals surface area contributed by atoms with Crippen LogP contribution in [0.2, 0.25) is 0 Å². The molecule has 0 bridgehead atoms. The van der Waals surface area contributed by atoms with E-state index >= 15 is 0 Å². The molecule has 3 rings (SSSR count). The number of hydrogen-bond donors (Lipinski definition) is 2. The maximum absolute atomic E-state index is 13.8. The highest BCUT2D eigenvalue weighted by atomic mass is 19.1. The van der Waals surface area contributed by atoms with E-state index in [1.807, 2.05) is 0 Å². The molecule has 0 radical (unpaired) electrons. The molecule has 25 heavy (non-hydrogen) atoms. The second kappa shape index (κ2) is 8.25. The fourth-order valence-corrected chi connectivity index (χ4v) is 3.33. The number of aliphatic hydroxyl groups excluding tert-OH is 1. The van der Waals surface area contributed by atoms with Gasteiger partial charge in [-0.15, -0.1) is 0 Å². The van der Waals surface area contributed by atoms with Crippen molar-refractivity contribution in [3.63, 3.8) is 0 Å². The van der Waals surface area contributed by atoms with Gasteiger partial charge in [0.1, 0.15) is 5.82 Å². The third-order valence-corrected chi connectivity index (χ3v) is 4.75. The van der Waals surface area contributed by atoms with E-state index in [1.165, 1.54) is 12.3 Å². The van der Waals surface area contributed by atoms with Crippen LogP contribution < -0.4 is 5.32 Å². The Morgan fingerprint density at radius 2 is 2.12 bits per heavy atom. The summed E-state index contributed by atoms with van der Waals surface area (Å²) >= 11 is 0. The van der Waals surface area contributed by atoms with Crippen molar-refractivity contribution in [3.8, 4) is 11.3 Å². The second-order valence-electron chi connectivity index (χ2n) is 6.50. The van der Waals surface area contributed by atoms with Crippen LogP contribution in [0.3, 0.4) is 0 Å². The van der Waals surface area contributed by atoms with Crippen LogP contribution in [-0.4, -0.2) is 28.6 Å². The first-order valence-electron chi connectivity index (χ1n) is 8.77. The Bertz CT molecular complexity index is 716. The molecule has 0 aliphatic heterocycles. The van der Waals surface area contributed by atoms with Crippen LogP contribution in [0.25, 0.3) is 11.3 Å². The molecule has 1 aliphatic carbocycles. The summed E-state index contributed by atoms with van der Waals surface area (Å²) in [5.74, 6) is 0.482. The zero-order valence-corrected chi connectivity index (χ0v) is 14.1. The molecule has 1 heterocycles. The Morgan fingerprint density at radius 1 is 1.32 bits per heavy atom. The average Bonchev–Trinajstić information content (AvgIpc) is 3.09. The number of nitrogens with one attached hydrogen (secondary N) is 1. The molecule has 1 aromatic carbocycles. The molecule has 1 saturated carbocycles. The van der Waals surface area contributed by atoms with E-state index in [0.717, 1.165) is 25.7 Å². The van der Waals surface area contributed by atoms with Crippen LogP contribution in [0.1, 0.15) is 38.0 Å². The van der Waals surface area contributed by atoms with E-state index < -0.39 is 0 Å². The smallest absolute Gasteiger partial charge is 0.220 e. The molecule has 1 amide bonds. The molecular formula is C19H23FN2O3. The minimum absolute atomic E-state index is 0.0461. The van der Waals surface area contributed by atoms with Crippen molar-refractivity contribution in [1.29, 1.82) is 0 Å². The lowest BCUT2D eigenvalue weighted by Gasteiger charge is -2.30. The van der Waals surface area contributed by atoms with Crippen molar-refractivity contribution in [2.45, 2.75) is 44.6 Å². The largest absolute Gasteiger partial charge is 0.441 e. The quantitative estimate of drug-likeness (QED) is 0.843. The lowest BCUT2D eigenvalue weighted by Crippen LogP contribution is -2.43. The van der Waals surface area contributed by atoms with E-state index in [0.29, 0.717) is 23.6 Å². The van der Waals surface area contributed by atoms with Gasteiger partial charge in [0.2, 0.25) is 5.91 Å². The van der Waals surface area contributed by atoms with Gasteiger partial charge in [-0.25, -0.2) is 9.37 Å². The number of amides is 1. The Balaban J connectivity index is 1.53. The maximum atomic E-state index is 13.8. The van der Waals surface area contributed by atoms with Crippen molar-refractivity contribution < 1.29 is 18.7 Å². The van der Waals surface area contributed by atoms with Gasteiger partial charge in [0.15, 0.2) is 11.7 Å². The van der Waals surface area contributed by atoms with Crippen LogP contribution >= 0.6 is 0 Å². The highest BCUT2D eigenvalue weighted by molar-refractivity contribution is 5.76. The normalized spacial score (nSPS) is 20.4. The number of oxazole rings is 1. The zero-order chi connectivity index (χ0) is 17.6. The van der Waals surface area contributed by atoms with Gasteiger partial charge in [-0.3, -0.25) is 4.79 Å². The first-order chi connectivity index (χ1) is 12.2. The molecule has 0 unspecified atom stereocenters. The van der Waals surface area contributed by atoms with E-state index in [2.05, 4.69) is 10.3 Å². The molecule has 2 aromatic rings. The summed E-state index contributed by atoms with van der Waals surface area (Å²) in [6, 6.07) is 6.39. The third-order valence-electron chi connectivity index (χ3n) is 4.75. The first-order valence-corrected chi connectivity index (χ1v) is 8.77. The molecular weight excluding hydrogens is 323 g/mol. The molecule has 5 nitrogen and oxygen atoms in total. The maximum Gasteiger partial charge on any atom is 0.220 e. The summed E-state index contributed by atoms with van der Waals surface area (Å²) in [5, 5.41) is 12.4. The lowest BCUT2D eigenvalue weighted by molar-refractivity contribution is -0.122. The highest BCUT2D eigenvalue weighted by Crippen LogP contribution is 2.25. The van der Waals surface area contributed by atoms with Crippen LogP contribution in [0.5, 0.6) is 0 Å². The van der Waals surface area contributed by atoms with Crippen molar-refractivity contribution in [2.75, 3.05) is 6.61 Å². The molecule has 0 saturated heterocycles. The van der Waals surface area contributed by atoms with Crippen LogP contribution in [0.4, 0.5) is 4.39 Å². The van der Waals surface area contributed by atoms with Crippen molar-refractivity contribution >= 4 is 5.91 Å². The van der Waals surface area contributed by atoms with Crippen LogP contribution in [0, 0.1) is 11.7 Å². The summed E-state index contributed by atoms with van der Waals surface area (Å²) in [6.07, 6.45) is 6.14. The Labute approximate surface area is 146 Å². The van der Waals surface area contributed by atoms with Gasteiger partial charge in [-0.1, -0.05) is 25.0 Å². The number of aryl methyl sites for hydroxylation is 1. The molecule has 6 heteroatoms. The Hall–Kier alpha value is -2.21. The van der Waals surface area contributed by atoms with Gasteiger partial charge in [-0.2, -0.15) is 0 Å². The number of carbonyl (C=O) groups excluding carboxylic acids is 1. The summed E-state index contributed by atoms with van der Waals surface area (Å²) < 4.78 is 19.3. The molecule has 1 fully saturated rings. The number of carbonyl (C=O) groups is 1. The predicted octanol–water partition coefficient (Wildman–Crippen LogP) is 3.08. The van der Waals surface area contributed by atoms with Crippen molar-refractivity contribution in [2.24, 2.45) is 5.92 Å². The number of benzene rings is 1. The Morgan fingerprint density at radius 3 is 2.92 bits per heavy atom.